The van der Waals surface area contributed by atoms with Gasteiger partial charge in [-0.15, -0.1) is 0 Å². The van der Waals surface area contributed by atoms with E-state index in [-0.39, 0.29) is 23.7 Å². The molecule has 1 heterocycles. The Labute approximate surface area is 113 Å². The highest BCUT2D eigenvalue weighted by atomic mass is 19.1. The maximum atomic E-state index is 13.5. The number of hydrogen-bond donors (Lipinski definition) is 2. The molecule has 1 amide bonds. The minimum absolute atomic E-state index is 0.0420. The third-order valence-corrected chi connectivity index (χ3v) is 3.61. The molecule has 0 spiro atoms. The van der Waals surface area contributed by atoms with Gasteiger partial charge >= 0.3 is 0 Å². The summed E-state index contributed by atoms with van der Waals surface area (Å²) in [5.41, 5.74) is 1.94. The molecule has 1 saturated heterocycles. The van der Waals surface area contributed by atoms with Crippen LogP contribution in [0.15, 0.2) is 18.2 Å². The van der Waals surface area contributed by atoms with Gasteiger partial charge in [-0.25, -0.2) is 4.39 Å². The van der Waals surface area contributed by atoms with Crippen LogP contribution in [-0.2, 0) is 4.79 Å². The summed E-state index contributed by atoms with van der Waals surface area (Å²) in [5, 5.41) is 6.06. The molecular weight excluding hydrogens is 243 g/mol. The second-order valence-electron chi connectivity index (χ2n) is 5.18. The van der Waals surface area contributed by atoms with Gasteiger partial charge in [0.1, 0.15) is 5.82 Å². The summed E-state index contributed by atoms with van der Waals surface area (Å²) in [4.78, 5) is 11.9. The predicted octanol–water partition coefficient (Wildman–Crippen LogP) is 2.11. The van der Waals surface area contributed by atoms with Gasteiger partial charge in [-0.05, 0) is 62.4 Å². The molecule has 0 radical (unpaired) electrons. The van der Waals surface area contributed by atoms with Crippen LogP contribution in [0, 0.1) is 12.7 Å². The molecule has 19 heavy (non-hydrogen) atoms. The summed E-state index contributed by atoms with van der Waals surface area (Å²) < 4.78 is 13.5. The molecular formula is C15H21FN2O. The number of halogens is 1. The lowest BCUT2D eigenvalue weighted by atomic mass is 9.85. The first kappa shape index (κ1) is 14.0. The average molecular weight is 264 g/mol. The monoisotopic (exact) mass is 264 g/mol. The Morgan fingerprint density at radius 3 is 2.95 bits per heavy atom. The van der Waals surface area contributed by atoms with E-state index in [2.05, 4.69) is 10.6 Å². The van der Waals surface area contributed by atoms with E-state index in [0.717, 1.165) is 30.5 Å². The van der Waals surface area contributed by atoms with Crippen LogP contribution in [0.25, 0.3) is 0 Å². The first-order chi connectivity index (χ1) is 9.10. The molecule has 2 rings (SSSR count). The lowest BCUT2D eigenvalue weighted by Gasteiger charge is -2.30. The zero-order valence-corrected chi connectivity index (χ0v) is 11.5. The molecule has 2 unspecified atom stereocenters. The predicted molar refractivity (Wildman–Crippen MR) is 73.6 cm³/mol. The van der Waals surface area contributed by atoms with Crippen molar-refractivity contribution < 1.29 is 9.18 Å². The van der Waals surface area contributed by atoms with Gasteiger partial charge in [0.25, 0.3) is 0 Å². The minimum Gasteiger partial charge on any atom is -0.355 e. The number of likely N-dealkylation sites (N-methyl/N-ethyl adjacent to an activating group) is 1. The summed E-state index contributed by atoms with van der Waals surface area (Å²) in [6, 6.07) is 4.99. The van der Waals surface area contributed by atoms with Crippen LogP contribution < -0.4 is 10.6 Å². The van der Waals surface area contributed by atoms with E-state index in [1.54, 1.807) is 6.07 Å². The van der Waals surface area contributed by atoms with Crippen molar-refractivity contribution in [1.29, 1.82) is 0 Å². The zero-order chi connectivity index (χ0) is 13.8. The van der Waals surface area contributed by atoms with Crippen molar-refractivity contribution in [2.24, 2.45) is 0 Å². The number of amides is 1. The number of carbonyl (C=O) groups excluding carboxylic acids is 1. The maximum Gasteiger partial charge on any atom is 0.237 e. The fourth-order valence-corrected chi connectivity index (χ4v) is 2.72. The number of nitrogens with one attached hydrogen (secondary N) is 2. The Hall–Kier alpha value is -1.42. The smallest absolute Gasteiger partial charge is 0.237 e. The lowest BCUT2D eigenvalue weighted by molar-refractivity contribution is -0.123. The summed E-state index contributed by atoms with van der Waals surface area (Å²) in [6.45, 7) is 5.24. The van der Waals surface area contributed by atoms with E-state index in [9.17, 15) is 9.18 Å². The number of piperidine rings is 1. The molecule has 0 bridgehead atoms. The molecule has 104 valence electrons. The number of carbonyl (C=O) groups is 1. The van der Waals surface area contributed by atoms with Crippen LogP contribution in [0.1, 0.15) is 36.8 Å². The molecule has 2 atom stereocenters. The van der Waals surface area contributed by atoms with E-state index in [0.29, 0.717) is 6.54 Å². The minimum atomic E-state index is -0.192. The standard InChI is InChI=1S/C15H21FN2O/c1-3-17-15(19)14-9-11(4-5-18-14)12-6-10(2)7-13(16)8-12/h6-8,11,14,18H,3-5,9H2,1-2H3,(H,17,19). The SMILES string of the molecule is CCNC(=O)C1CC(c2cc(C)cc(F)c2)CCN1. The first-order valence-electron chi connectivity index (χ1n) is 6.88. The molecule has 1 fully saturated rings. The van der Waals surface area contributed by atoms with Crippen LogP contribution >= 0.6 is 0 Å². The molecule has 4 heteroatoms. The fraction of sp³-hybridized carbons (Fsp3) is 0.533. The van der Waals surface area contributed by atoms with Gasteiger partial charge in [-0.1, -0.05) is 6.07 Å². The van der Waals surface area contributed by atoms with Gasteiger partial charge in [-0.3, -0.25) is 4.79 Å². The highest BCUT2D eigenvalue weighted by Crippen LogP contribution is 2.29. The molecule has 1 aromatic carbocycles. The summed E-state index contributed by atoms with van der Waals surface area (Å²) in [6.07, 6.45) is 1.67. The number of aryl methyl sites for hydroxylation is 1. The number of rotatable bonds is 3. The van der Waals surface area contributed by atoms with Gasteiger partial charge < -0.3 is 10.6 Å². The van der Waals surface area contributed by atoms with Gasteiger partial charge in [0.05, 0.1) is 6.04 Å². The average Bonchev–Trinajstić information content (AvgIpc) is 2.38. The molecule has 0 saturated carbocycles. The molecule has 0 aromatic heterocycles. The van der Waals surface area contributed by atoms with E-state index in [1.165, 1.54) is 6.07 Å². The van der Waals surface area contributed by atoms with Gasteiger partial charge in [0.15, 0.2) is 0 Å². The van der Waals surface area contributed by atoms with E-state index in [4.69, 9.17) is 0 Å². The van der Waals surface area contributed by atoms with Crippen molar-refractivity contribution in [2.45, 2.75) is 38.6 Å². The second kappa shape index (κ2) is 6.15. The van der Waals surface area contributed by atoms with Crippen molar-refractivity contribution in [3.63, 3.8) is 0 Å². The molecule has 1 aromatic rings. The third-order valence-electron chi connectivity index (χ3n) is 3.61. The fourth-order valence-electron chi connectivity index (χ4n) is 2.72. The highest BCUT2D eigenvalue weighted by Gasteiger charge is 2.27. The normalized spacial score (nSPS) is 23.1. The quantitative estimate of drug-likeness (QED) is 0.878. The van der Waals surface area contributed by atoms with E-state index < -0.39 is 0 Å². The summed E-state index contributed by atoms with van der Waals surface area (Å²) in [7, 11) is 0. The Morgan fingerprint density at radius 1 is 1.47 bits per heavy atom. The number of benzene rings is 1. The van der Waals surface area contributed by atoms with Crippen LogP contribution in [0.5, 0.6) is 0 Å². The topological polar surface area (TPSA) is 41.1 Å². The van der Waals surface area contributed by atoms with Crippen LogP contribution in [0.3, 0.4) is 0 Å². The van der Waals surface area contributed by atoms with Crippen molar-refractivity contribution in [3.8, 4) is 0 Å². The van der Waals surface area contributed by atoms with Gasteiger partial charge in [0.2, 0.25) is 5.91 Å². The lowest BCUT2D eigenvalue weighted by Crippen LogP contribution is -2.48. The van der Waals surface area contributed by atoms with Gasteiger partial charge in [0, 0.05) is 6.54 Å². The van der Waals surface area contributed by atoms with Crippen molar-refractivity contribution in [3.05, 3.63) is 35.1 Å². The summed E-state index contributed by atoms with van der Waals surface area (Å²) >= 11 is 0. The Bertz CT molecular complexity index is 441. The third kappa shape index (κ3) is 3.53. The number of hydrogen-bond acceptors (Lipinski definition) is 2. The Morgan fingerprint density at radius 2 is 2.26 bits per heavy atom. The highest BCUT2D eigenvalue weighted by molar-refractivity contribution is 5.81. The summed E-state index contributed by atoms with van der Waals surface area (Å²) in [5.74, 6) is 0.103. The maximum absolute atomic E-state index is 13.5. The van der Waals surface area contributed by atoms with Crippen LogP contribution in [0.2, 0.25) is 0 Å². The molecule has 3 nitrogen and oxygen atoms in total. The molecule has 2 N–H and O–H groups in total. The van der Waals surface area contributed by atoms with Crippen molar-refractivity contribution >= 4 is 5.91 Å². The van der Waals surface area contributed by atoms with Crippen molar-refractivity contribution in [2.75, 3.05) is 13.1 Å². The van der Waals surface area contributed by atoms with E-state index >= 15 is 0 Å². The molecule has 0 aliphatic carbocycles. The second-order valence-corrected chi connectivity index (χ2v) is 5.18. The van der Waals surface area contributed by atoms with Crippen molar-refractivity contribution in [1.82, 2.24) is 10.6 Å². The molecule has 1 aliphatic rings. The molecule has 1 aliphatic heterocycles. The van der Waals surface area contributed by atoms with E-state index in [1.807, 2.05) is 19.9 Å². The van der Waals surface area contributed by atoms with Gasteiger partial charge in [-0.2, -0.15) is 0 Å². The Kier molecular flexibility index (Phi) is 4.53. The first-order valence-corrected chi connectivity index (χ1v) is 6.88. The van der Waals surface area contributed by atoms with Crippen LogP contribution in [0.4, 0.5) is 4.39 Å². The van der Waals surface area contributed by atoms with Crippen LogP contribution in [-0.4, -0.2) is 25.0 Å². The largest absolute Gasteiger partial charge is 0.355 e. The zero-order valence-electron chi connectivity index (χ0n) is 11.5. The Balaban J connectivity index is 2.10.